The Kier molecular flexibility index (Phi) is 6.22. The molecule has 0 saturated heterocycles. The van der Waals surface area contributed by atoms with Crippen LogP contribution in [0.25, 0.3) is 0 Å². The molecule has 1 atom stereocenters. The Morgan fingerprint density at radius 3 is 2.75 bits per heavy atom. The molecular weight excluding hydrogens is 160 g/mol. The number of carboxylic acids is 1. The average Bonchev–Trinajstić information content (AvgIpc) is 2.05. The van der Waals surface area contributed by atoms with E-state index >= 15 is 0 Å². The second kappa shape index (κ2) is 6.75. The number of aliphatic carboxylic acids is 1. The van der Waals surface area contributed by atoms with Crippen molar-refractivity contribution >= 4 is 12.3 Å². The highest BCUT2D eigenvalue weighted by Gasteiger charge is 2.08. The lowest BCUT2D eigenvalue weighted by Crippen LogP contribution is -2.34. The molecule has 12 heavy (non-hydrogen) atoms. The third kappa shape index (κ3) is 5.82. The Hall–Kier alpha value is -0.940. The maximum Gasteiger partial charge on any atom is 0.303 e. The molecular formula is C7H13N2O3. The smallest absolute Gasteiger partial charge is 0.303 e. The van der Waals surface area contributed by atoms with Crippen molar-refractivity contribution in [1.82, 2.24) is 5.32 Å². The van der Waals surface area contributed by atoms with Crippen molar-refractivity contribution in [3.8, 4) is 0 Å². The SMILES string of the molecule is NCCN[C@H]([C]=O)CCC(=O)O. The number of carbonyl (C=O) groups is 1. The first-order chi connectivity index (χ1) is 5.70. The highest BCUT2D eigenvalue weighted by Crippen LogP contribution is 1.93. The summed E-state index contributed by atoms with van der Waals surface area (Å²) in [5.41, 5.74) is 5.18. The summed E-state index contributed by atoms with van der Waals surface area (Å²) in [4.78, 5) is 20.3. The normalized spacial score (nSPS) is 12.4. The minimum Gasteiger partial charge on any atom is -0.481 e. The zero-order chi connectivity index (χ0) is 9.40. The van der Waals surface area contributed by atoms with Gasteiger partial charge in [0.25, 0.3) is 0 Å². The molecule has 0 amide bonds. The predicted octanol–water partition coefficient (Wildman–Crippen LogP) is -1.12. The van der Waals surface area contributed by atoms with Crippen molar-refractivity contribution < 1.29 is 14.7 Å². The molecule has 69 valence electrons. The molecule has 5 heteroatoms. The van der Waals surface area contributed by atoms with E-state index in [0.717, 1.165) is 0 Å². The summed E-state index contributed by atoms with van der Waals surface area (Å²) in [5.74, 6) is -0.912. The fourth-order valence-electron chi connectivity index (χ4n) is 0.728. The highest BCUT2D eigenvalue weighted by atomic mass is 16.4. The molecule has 0 aromatic heterocycles. The number of hydrogen-bond donors (Lipinski definition) is 3. The molecule has 0 aliphatic carbocycles. The lowest BCUT2D eigenvalue weighted by molar-refractivity contribution is -0.137. The lowest BCUT2D eigenvalue weighted by atomic mass is 10.2. The van der Waals surface area contributed by atoms with Gasteiger partial charge < -0.3 is 16.2 Å². The maximum absolute atomic E-state index is 10.2. The molecule has 0 aromatic rings. The average molecular weight is 173 g/mol. The molecule has 5 nitrogen and oxygen atoms in total. The first-order valence-corrected chi connectivity index (χ1v) is 3.73. The van der Waals surface area contributed by atoms with Crippen LogP contribution >= 0.6 is 0 Å². The van der Waals surface area contributed by atoms with E-state index in [2.05, 4.69) is 5.32 Å². The van der Waals surface area contributed by atoms with Gasteiger partial charge >= 0.3 is 5.97 Å². The first kappa shape index (κ1) is 11.1. The Morgan fingerprint density at radius 2 is 2.33 bits per heavy atom. The zero-order valence-electron chi connectivity index (χ0n) is 6.75. The molecule has 0 saturated carbocycles. The molecule has 0 spiro atoms. The van der Waals surface area contributed by atoms with Gasteiger partial charge in [-0.25, -0.2) is 0 Å². The van der Waals surface area contributed by atoms with Gasteiger partial charge in [0.2, 0.25) is 6.29 Å². The second-order valence-electron chi connectivity index (χ2n) is 2.35. The summed E-state index contributed by atoms with van der Waals surface area (Å²) in [5, 5.41) is 11.1. The van der Waals surface area contributed by atoms with Crippen LogP contribution in [-0.4, -0.2) is 36.5 Å². The van der Waals surface area contributed by atoms with Gasteiger partial charge in [-0.3, -0.25) is 9.59 Å². The Balaban J connectivity index is 3.52. The van der Waals surface area contributed by atoms with Crippen molar-refractivity contribution in [3.05, 3.63) is 0 Å². The van der Waals surface area contributed by atoms with Crippen LogP contribution in [0.2, 0.25) is 0 Å². The number of carbonyl (C=O) groups excluding carboxylic acids is 1. The molecule has 0 heterocycles. The molecule has 0 aromatic carbocycles. The van der Waals surface area contributed by atoms with Crippen LogP contribution < -0.4 is 11.1 Å². The van der Waals surface area contributed by atoms with Crippen molar-refractivity contribution in [3.63, 3.8) is 0 Å². The van der Waals surface area contributed by atoms with Crippen molar-refractivity contribution in [2.75, 3.05) is 13.1 Å². The van der Waals surface area contributed by atoms with E-state index in [0.29, 0.717) is 13.1 Å². The van der Waals surface area contributed by atoms with Crippen molar-refractivity contribution in [2.24, 2.45) is 5.73 Å². The van der Waals surface area contributed by atoms with Gasteiger partial charge in [0.05, 0.1) is 6.04 Å². The largest absolute Gasteiger partial charge is 0.481 e. The van der Waals surface area contributed by atoms with E-state index in [4.69, 9.17) is 10.8 Å². The third-order valence-electron chi connectivity index (χ3n) is 1.32. The van der Waals surface area contributed by atoms with Crippen LogP contribution in [-0.2, 0) is 9.59 Å². The van der Waals surface area contributed by atoms with Crippen molar-refractivity contribution in [1.29, 1.82) is 0 Å². The summed E-state index contributed by atoms with van der Waals surface area (Å²) < 4.78 is 0. The number of hydrogen-bond acceptors (Lipinski definition) is 4. The second-order valence-corrected chi connectivity index (χ2v) is 2.35. The van der Waals surface area contributed by atoms with E-state index in [1.54, 1.807) is 6.29 Å². The number of nitrogens with one attached hydrogen (secondary N) is 1. The fraction of sp³-hybridized carbons (Fsp3) is 0.714. The number of carboxylic acid groups (broad SMARTS) is 1. The highest BCUT2D eigenvalue weighted by molar-refractivity contribution is 5.68. The monoisotopic (exact) mass is 173 g/mol. The summed E-state index contributed by atoms with van der Waals surface area (Å²) in [7, 11) is 0. The van der Waals surface area contributed by atoms with Crippen LogP contribution in [0.15, 0.2) is 0 Å². The molecule has 0 rings (SSSR count). The van der Waals surface area contributed by atoms with Gasteiger partial charge in [-0.2, -0.15) is 0 Å². The lowest BCUT2D eigenvalue weighted by Gasteiger charge is -2.08. The van der Waals surface area contributed by atoms with Crippen molar-refractivity contribution in [2.45, 2.75) is 18.9 Å². The first-order valence-electron chi connectivity index (χ1n) is 3.73. The van der Waals surface area contributed by atoms with E-state index < -0.39 is 12.0 Å². The number of nitrogens with two attached hydrogens (primary N) is 1. The molecule has 0 fully saturated rings. The Labute approximate surface area is 70.9 Å². The fourth-order valence-corrected chi connectivity index (χ4v) is 0.728. The molecule has 1 radical (unpaired) electrons. The third-order valence-corrected chi connectivity index (χ3v) is 1.32. The summed E-state index contributed by atoms with van der Waals surface area (Å²) in [6, 6.07) is -0.510. The van der Waals surface area contributed by atoms with Gasteiger partial charge in [-0.15, -0.1) is 0 Å². The van der Waals surface area contributed by atoms with E-state index in [1.807, 2.05) is 0 Å². The molecule has 0 aliphatic rings. The minimum absolute atomic E-state index is 0.0303. The van der Waals surface area contributed by atoms with E-state index in [-0.39, 0.29) is 12.8 Å². The zero-order valence-corrected chi connectivity index (χ0v) is 6.75. The van der Waals surface area contributed by atoms with Gasteiger partial charge in [-0.1, -0.05) is 0 Å². The van der Waals surface area contributed by atoms with Crippen LogP contribution in [0.4, 0.5) is 0 Å². The summed E-state index contributed by atoms with van der Waals surface area (Å²) in [6.07, 6.45) is 1.94. The maximum atomic E-state index is 10.2. The molecule has 0 aliphatic heterocycles. The van der Waals surface area contributed by atoms with Crippen LogP contribution in [0.3, 0.4) is 0 Å². The van der Waals surface area contributed by atoms with E-state index in [9.17, 15) is 9.59 Å². The van der Waals surface area contributed by atoms with Crippen LogP contribution in [0.5, 0.6) is 0 Å². The molecule has 4 N–H and O–H groups in total. The standard InChI is InChI=1S/C7H13N2O3/c8-3-4-9-6(5-10)1-2-7(11)12/h6,9H,1-4,8H2,(H,11,12)/t6-/m0/s1. The quantitative estimate of drug-likeness (QED) is 0.453. The number of rotatable bonds is 7. The predicted molar refractivity (Wildman–Crippen MR) is 43.4 cm³/mol. The van der Waals surface area contributed by atoms with Gasteiger partial charge in [0.15, 0.2) is 0 Å². The van der Waals surface area contributed by atoms with Crippen LogP contribution in [0.1, 0.15) is 12.8 Å². The van der Waals surface area contributed by atoms with Gasteiger partial charge in [0.1, 0.15) is 0 Å². The minimum atomic E-state index is -0.912. The molecule has 0 unspecified atom stereocenters. The van der Waals surface area contributed by atoms with Crippen LogP contribution in [0, 0.1) is 0 Å². The summed E-state index contributed by atoms with van der Waals surface area (Å²) >= 11 is 0. The van der Waals surface area contributed by atoms with E-state index in [1.165, 1.54) is 0 Å². The van der Waals surface area contributed by atoms with Gasteiger partial charge in [-0.05, 0) is 6.42 Å². The summed E-state index contributed by atoms with van der Waals surface area (Å²) in [6.45, 7) is 0.921. The van der Waals surface area contributed by atoms with Gasteiger partial charge in [0, 0.05) is 19.5 Å². The topological polar surface area (TPSA) is 92.4 Å². The Bertz CT molecular complexity index is 150. The Morgan fingerprint density at radius 1 is 1.67 bits per heavy atom. The molecule has 0 bridgehead atoms.